The molecule has 0 fully saturated rings. The zero-order chi connectivity index (χ0) is 13.3. The molecule has 0 saturated carbocycles. The summed E-state index contributed by atoms with van der Waals surface area (Å²) in [7, 11) is 1.23. The van der Waals surface area contributed by atoms with Gasteiger partial charge >= 0.3 is 5.97 Å². The Kier molecular flexibility index (Phi) is 3.49. The monoisotopic (exact) mass is 286 g/mol. The van der Waals surface area contributed by atoms with Gasteiger partial charge in [0.2, 0.25) is 0 Å². The molecule has 1 aromatic carbocycles. The second kappa shape index (κ2) is 4.91. The lowest BCUT2D eigenvalue weighted by Crippen LogP contribution is -2.02. The van der Waals surface area contributed by atoms with E-state index in [9.17, 15) is 9.18 Å². The van der Waals surface area contributed by atoms with Crippen LogP contribution in [0.4, 0.5) is 10.1 Å². The van der Waals surface area contributed by atoms with Crippen LogP contribution in [0.25, 0.3) is 11.3 Å². The van der Waals surface area contributed by atoms with Gasteiger partial charge in [-0.05, 0) is 23.7 Å². The van der Waals surface area contributed by atoms with Gasteiger partial charge in [0.1, 0.15) is 11.5 Å². The average Bonchev–Trinajstić information content (AvgIpc) is 2.71. The molecule has 0 spiro atoms. The molecule has 0 radical (unpaired) electrons. The van der Waals surface area contributed by atoms with Gasteiger partial charge in [-0.15, -0.1) is 0 Å². The molecule has 18 heavy (non-hydrogen) atoms. The number of carbonyl (C=O) groups excluding carboxylic acids is 1. The van der Waals surface area contributed by atoms with Crippen molar-refractivity contribution in [3.63, 3.8) is 0 Å². The van der Waals surface area contributed by atoms with Crippen molar-refractivity contribution in [3.05, 3.63) is 33.9 Å². The summed E-state index contributed by atoms with van der Waals surface area (Å²) < 4.78 is 22.2. The number of methoxy groups -OCH3 is 1. The highest BCUT2D eigenvalue weighted by molar-refractivity contribution is 7.09. The lowest BCUT2D eigenvalue weighted by Gasteiger charge is -2.04. The molecule has 0 amide bonds. The highest BCUT2D eigenvalue weighted by Gasteiger charge is 2.22. The van der Waals surface area contributed by atoms with Crippen molar-refractivity contribution in [2.75, 3.05) is 12.8 Å². The number of hydrogen-bond acceptors (Lipinski definition) is 5. The fourth-order valence-corrected chi connectivity index (χ4v) is 2.42. The maximum atomic E-state index is 13.7. The molecule has 0 unspecified atom stereocenters. The highest BCUT2D eigenvalue weighted by atomic mass is 35.5. The first kappa shape index (κ1) is 12.8. The van der Waals surface area contributed by atoms with Crippen LogP contribution in [0.1, 0.15) is 9.67 Å². The summed E-state index contributed by atoms with van der Waals surface area (Å²) in [5.74, 6) is -1.15. The second-order valence-electron chi connectivity index (χ2n) is 3.36. The molecule has 0 bridgehead atoms. The lowest BCUT2D eigenvalue weighted by atomic mass is 10.1. The summed E-state index contributed by atoms with van der Waals surface area (Å²) in [6, 6.07) is 4.25. The fourth-order valence-electron chi connectivity index (χ4n) is 1.44. The molecule has 4 nitrogen and oxygen atoms in total. The van der Waals surface area contributed by atoms with Crippen LogP contribution in [-0.4, -0.2) is 17.5 Å². The van der Waals surface area contributed by atoms with Crippen LogP contribution in [0, 0.1) is 5.82 Å². The summed E-state index contributed by atoms with van der Waals surface area (Å²) >= 11 is 6.76. The predicted molar refractivity (Wildman–Crippen MR) is 68.3 cm³/mol. The number of rotatable bonds is 2. The fraction of sp³-hybridized carbons (Fsp3) is 0.0909. The van der Waals surface area contributed by atoms with Gasteiger partial charge in [-0.2, -0.15) is 4.37 Å². The van der Waals surface area contributed by atoms with Crippen molar-refractivity contribution in [2.24, 2.45) is 0 Å². The number of nitrogens with two attached hydrogens (primary N) is 1. The Balaban J connectivity index is 2.60. The Labute approximate surface area is 111 Å². The smallest absolute Gasteiger partial charge is 0.351 e. The van der Waals surface area contributed by atoms with Crippen molar-refractivity contribution in [3.8, 4) is 11.3 Å². The van der Waals surface area contributed by atoms with Gasteiger partial charge in [0.05, 0.1) is 23.4 Å². The van der Waals surface area contributed by atoms with Gasteiger partial charge in [0.25, 0.3) is 0 Å². The predicted octanol–water partition coefficient (Wildman–Crippen LogP) is 2.97. The number of hydrogen-bond donors (Lipinski definition) is 1. The number of benzene rings is 1. The molecule has 2 aromatic rings. The summed E-state index contributed by atoms with van der Waals surface area (Å²) in [5, 5.41) is 0.184. The van der Waals surface area contributed by atoms with Crippen LogP contribution < -0.4 is 5.73 Å². The molecule has 2 rings (SSSR count). The molecule has 0 aliphatic carbocycles. The molecule has 1 heterocycles. The average molecular weight is 287 g/mol. The number of anilines is 1. The van der Waals surface area contributed by atoms with Gasteiger partial charge in [0.15, 0.2) is 4.88 Å². The zero-order valence-corrected chi connectivity index (χ0v) is 10.8. The first-order chi connectivity index (χ1) is 8.56. The van der Waals surface area contributed by atoms with Crippen molar-refractivity contribution in [1.82, 2.24) is 4.37 Å². The van der Waals surface area contributed by atoms with Crippen LogP contribution in [0.2, 0.25) is 5.02 Å². The van der Waals surface area contributed by atoms with E-state index in [-0.39, 0.29) is 26.8 Å². The highest BCUT2D eigenvalue weighted by Crippen LogP contribution is 2.36. The third-order valence-corrected chi connectivity index (χ3v) is 3.46. The molecule has 0 atom stereocenters. The van der Waals surface area contributed by atoms with E-state index in [1.54, 1.807) is 0 Å². The standard InChI is InChI=1S/C11H8ClFN2O2S/c1-17-11(16)10-8(14)9(15-18-10)7-5(12)3-2-4-6(7)13/h2-4H,14H2,1H3. The number of ether oxygens (including phenoxy) is 1. The molecular formula is C11H8ClFN2O2S. The maximum absolute atomic E-state index is 13.7. The number of nitrogens with zero attached hydrogens (tertiary/aromatic N) is 1. The zero-order valence-electron chi connectivity index (χ0n) is 9.24. The molecule has 2 N–H and O–H groups in total. The molecule has 0 aliphatic rings. The van der Waals surface area contributed by atoms with Crippen LogP contribution in [0.5, 0.6) is 0 Å². The molecule has 94 valence electrons. The van der Waals surface area contributed by atoms with Crippen molar-refractivity contribution in [1.29, 1.82) is 0 Å². The molecule has 0 saturated heterocycles. The number of nitrogen functional groups attached to an aromatic ring is 1. The first-order valence-corrected chi connectivity index (χ1v) is 5.99. The Bertz CT molecular complexity index is 595. The van der Waals surface area contributed by atoms with Crippen LogP contribution >= 0.6 is 23.1 Å². The largest absolute Gasteiger partial charge is 0.465 e. The summed E-state index contributed by atoms with van der Waals surface area (Å²) in [4.78, 5) is 11.5. The SMILES string of the molecule is COC(=O)c1snc(-c2c(F)cccc2Cl)c1N. The van der Waals surface area contributed by atoms with Gasteiger partial charge in [0, 0.05) is 0 Å². The summed E-state index contributed by atoms with van der Waals surface area (Å²) in [6.45, 7) is 0. The van der Waals surface area contributed by atoms with Crippen LogP contribution in [-0.2, 0) is 4.74 Å². The van der Waals surface area contributed by atoms with E-state index in [4.69, 9.17) is 17.3 Å². The van der Waals surface area contributed by atoms with Crippen molar-refractivity contribution >= 4 is 34.8 Å². The van der Waals surface area contributed by atoms with E-state index in [0.717, 1.165) is 11.5 Å². The Hall–Kier alpha value is -1.66. The third-order valence-electron chi connectivity index (χ3n) is 2.30. The normalized spacial score (nSPS) is 10.4. The number of halogens is 2. The van der Waals surface area contributed by atoms with E-state index in [1.807, 2.05) is 0 Å². The number of carbonyl (C=O) groups is 1. The number of aromatic nitrogens is 1. The van der Waals surface area contributed by atoms with E-state index in [0.29, 0.717) is 0 Å². The lowest BCUT2D eigenvalue weighted by molar-refractivity contribution is 0.0607. The Morgan fingerprint density at radius 2 is 2.28 bits per heavy atom. The first-order valence-electron chi connectivity index (χ1n) is 4.84. The number of esters is 1. The molecular weight excluding hydrogens is 279 g/mol. The Morgan fingerprint density at radius 3 is 2.89 bits per heavy atom. The van der Waals surface area contributed by atoms with E-state index >= 15 is 0 Å². The van der Waals surface area contributed by atoms with Crippen molar-refractivity contribution < 1.29 is 13.9 Å². The topological polar surface area (TPSA) is 65.2 Å². The van der Waals surface area contributed by atoms with Crippen LogP contribution in [0.15, 0.2) is 18.2 Å². The minimum Gasteiger partial charge on any atom is -0.465 e. The van der Waals surface area contributed by atoms with Gasteiger partial charge < -0.3 is 10.5 Å². The molecule has 7 heteroatoms. The minimum absolute atomic E-state index is 0.0684. The summed E-state index contributed by atoms with van der Waals surface area (Å²) in [6.07, 6.45) is 0. The van der Waals surface area contributed by atoms with Gasteiger partial charge in [-0.25, -0.2) is 9.18 Å². The molecule has 1 aromatic heterocycles. The van der Waals surface area contributed by atoms with E-state index in [2.05, 4.69) is 9.11 Å². The minimum atomic E-state index is -0.608. The van der Waals surface area contributed by atoms with Crippen molar-refractivity contribution in [2.45, 2.75) is 0 Å². The Morgan fingerprint density at radius 1 is 1.56 bits per heavy atom. The van der Waals surface area contributed by atoms with Gasteiger partial charge in [-0.3, -0.25) is 0 Å². The van der Waals surface area contributed by atoms with E-state index in [1.165, 1.54) is 25.3 Å². The van der Waals surface area contributed by atoms with E-state index < -0.39 is 11.8 Å². The quantitative estimate of drug-likeness (QED) is 0.862. The van der Waals surface area contributed by atoms with Crippen LogP contribution in [0.3, 0.4) is 0 Å². The molecule has 0 aliphatic heterocycles. The second-order valence-corrected chi connectivity index (χ2v) is 4.54. The third kappa shape index (κ3) is 2.04. The summed E-state index contributed by atoms with van der Waals surface area (Å²) in [5.41, 5.74) is 6.08. The van der Waals surface area contributed by atoms with Gasteiger partial charge in [-0.1, -0.05) is 17.7 Å². The maximum Gasteiger partial charge on any atom is 0.351 e.